The molecular weight excluding hydrogens is 356 g/mol. The van der Waals surface area contributed by atoms with E-state index in [-0.39, 0.29) is 10.8 Å². The average molecular weight is 373 g/mol. The summed E-state index contributed by atoms with van der Waals surface area (Å²) in [5, 5.41) is 3.06. The SMILES string of the molecule is Cc1cc(C)c(NC(=O)CNS(=O)(=O)c2ccc(C)s2)c(Cl)c1. The van der Waals surface area contributed by atoms with Crippen LogP contribution in [0.1, 0.15) is 16.0 Å². The molecule has 5 nitrogen and oxygen atoms in total. The number of hydrogen-bond donors (Lipinski definition) is 2. The van der Waals surface area contributed by atoms with Crippen molar-refractivity contribution >= 4 is 44.6 Å². The molecule has 2 aromatic rings. The van der Waals surface area contributed by atoms with E-state index >= 15 is 0 Å². The second-order valence-electron chi connectivity index (χ2n) is 5.18. The van der Waals surface area contributed by atoms with Crippen LogP contribution in [0.25, 0.3) is 0 Å². The van der Waals surface area contributed by atoms with Crippen molar-refractivity contribution in [3.63, 3.8) is 0 Å². The maximum Gasteiger partial charge on any atom is 0.250 e. The predicted molar refractivity (Wildman–Crippen MR) is 93.8 cm³/mol. The molecule has 2 rings (SSSR count). The summed E-state index contributed by atoms with van der Waals surface area (Å²) < 4.78 is 26.6. The minimum Gasteiger partial charge on any atom is -0.323 e. The van der Waals surface area contributed by atoms with Crippen molar-refractivity contribution in [3.8, 4) is 0 Å². The summed E-state index contributed by atoms with van der Waals surface area (Å²) >= 11 is 7.27. The Kier molecular flexibility index (Phi) is 5.46. The van der Waals surface area contributed by atoms with E-state index in [9.17, 15) is 13.2 Å². The number of anilines is 1. The first kappa shape index (κ1) is 17.9. The standard InChI is InChI=1S/C15H17ClN2O3S2/c1-9-6-10(2)15(12(16)7-9)18-13(19)8-17-23(20,21)14-5-4-11(3)22-14/h4-7,17H,8H2,1-3H3,(H,18,19). The normalized spacial score (nSPS) is 11.5. The largest absolute Gasteiger partial charge is 0.323 e. The Morgan fingerprint density at radius 1 is 1.22 bits per heavy atom. The molecule has 1 amide bonds. The van der Waals surface area contributed by atoms with E-state index in [1.165, 1.54) is 6.07 Å². The maximum absolute atomic E-state index is 12.1. The van der Waals surface area contributed by atoms with E-state index in [0.717, 1.165) is 27.3 Å². The number of amides is 1. The van der Waals surface area contributed by atoms with Gasteiger partial charge in [0.15, 0.2) is 0 Å². The zero-order valence-electron chi connectivity index (χ0n) is 12.9. The number of rotatable bonds is 5. The van der Waals surface area contributed by atoms with Gasteiger partial charge in [-0.05, 0) is 50.1 Å². The molecule has 1 aromatic heterocycles. The molecule has 0 unspecified atom stereocenters. The summed E-state index contributed by atoms with van der Waals surface area (Å²) in [6.07, 6.45) is 0. The highest BCUT2D eigenvalue weighted by Gasteiger charge is 2.18. The molecule has 0 bridgehead atoms. The number of aryl methyl sites for hydroxylation is 3. The minimum absolute atomic E-state index is 0.187. The quantitative estimate of drug-likeness (QED) is 0.845. The van der Waals surface area contributed by atoms with Crippen LogP contribution in [0.3, 0.4) is 0 Å². The molecule has 23 heavy (non-hydrogen) atoms. The molecule has 0 radical (unpaired) electrons. The van der Waals surface area contributed by atoms with Gasteiger partial charge in [0.25, 0.3) is 10.0 Å². The minimum atomic E-state index is -3.68. The van der Waals surface area contributed by atoms with Gasteiger partial charge in [0.1, 0.15) is 4.21 Å². The van der Waals surface area contributed by atoms with Crippen LogP contribution in [0.2, 0.25) is 5.02 Å². The van der Waals surface area contributed by atoms with Gasteiger partial charge in [0, 0.05) is 4.88 Å². The average Bonchev–Trinajstić information content (AvgIpc) is 2.88. The van der Waals surface area contributed by atoms with Gasteiger partial charge in [-0.1, -0.05) is 17.7 Å². The third kappa shape index (κ3) is 4.54. The summed E-state index contributed by atoms with van der Waals surface area (Å²) in [4.78, 5) is 12.9. The second kappa shape index (κ2) is 7.00. The summed E-state index contributed by atoms with van der Waals surface area (Å²) in [6.45, 7) is 5.19. The molecule has 1 heterocycles. The Hall–Kier alpha value is -1.41. The van der Waals surface area contributed by atoms with Crippen LogP contribution < -0.4 is 10.0 Å². The molecule has 0 saturated heterocycles. The third-order valence-electron chi connectivity index (χ3n) is 3.10. The predicted octanol–water partition coefficient (Wildman–Crippen LogP) is 3.24. The van der Waals surface area contributed by atoms with Crippen molar-refractivity contribution in [3.05, 3.63) is 45.3 Å². The topological polar surface area (TPSA) is 75.3 Å². The first-order chi connectivity index (χ1) is 10.7. The van der Waals surface area contributed by atoms with E-state index in [1.807, 2.05) is 26.8 Å². The number of carbonyl (C=O) groups excluding carboxylic acids is 1. The van der Waals surface area contributed by atoms with Gasteiger partial charge in [-0.3, -0.25) is 4.79 Å². The van der Waals surface area contributed by atoms with Crippen LogP contribution in [0, 0.1) is 20.8 Å². The van der Waals surface area contributed by atoms with Gasteiger partial charge in [-0.15, -0.1) is 11.3 Å². The second-order valence-corrected chi connectivity index (χ2v) is 8.87. The highest BCUT2D eigenvalue weighted by atomic mass is 35.5. The number of hydrogen-bond acceptors (Lipinski definition) is 4. The number of sulfonamides is 1. The summed E-state index contributed by atoms with van der Waals surface area (Å²) in [5.74, 6) is -0.476. The molecule has 0 atom stereocenters. The number of nitrogens with one attached hydrogen (secondary N) is 2. The third-order valence-corrected chi connectivity index (χ3v) is 6.29. The van der Waals surface area contributed by atoms with Crippen LogP contribution in [0.4, 0.5) is 5.69 Å². The van der Waals surface area contributed by atoms with Gasteiger partial charge >= 0.3 is 0 Å². The first-order valence-corrected chi connectivity index (χ1v) is 9.49. The van der Waals surface area contributed by atoms with Crippen molar-refractivity contribution < 1.29 is 13.2 Å². The Labute approximate surface area is 144 Å². The molecule has 2 N–H and O–H groups in total. The van der Waals surface area contributed by atoms with Crippen LogP contribution in [0.5, 0.6) is 0 Å². The fourth-order valence-corrected chi connectivity index (χ4v) is 4.72. The van der Waals surface area contributed by atoms with Crippen molar-refractivity contribution in [1.82, 2.24) is 4.72 Å². The first-order valence-electron chi connectivity index (χ1n) is 6.82. The van der Waals surface area contributed by atoms with Crippen LogP contribution in [-0.4, -0.2) is 20.9 Å². The smallest absolute Gasteiger partial charge is 0.250 e. The lowest BCUT2D eigenvalue weighted by Crippen LogP contribution is -2.32. The lowest BCUT2D eigenvalue weighted by molar-refractivity contribution is -0.115. The van der Waals surface area contributed by atoms with E-state index in [4.69, 9.17) is 11.6 Å². The monoisotopic (exact) mass is 372 g/mol. The zero-order chi connectivity index (χ0) is 17.2. The molecule has 0 aliphatic rings. The lowest BCUT2D eigenvalue weighted by Gasteiger charge is -2.12. The molecule has 0 saturated carbocycles. The molecule has 8 heteroatoms. The van der Waals surface area contributed by atoms with E-state index in [2.05, 4.69) is 10.0 Å². The molecule has 0 aliphatic carbocycles. The maximum atomic E-state index is 12.1. The van der Waals surface area contributed by atoms with Gasteiger partial charge in [-0.25, -0.2) is 13.1 Å². The van der Waals surface area contributed by atoms with Crippen LogP contribution in [-0.2, 0) is 14.8 Å². The fraction of sp³-hybridized carbons (Fsp3) is 0.267. The van der Waals surface area contributed by atoms with Gasteiger partial charge in [-0.2, -0.15) is 0 Å². The van der Waals surface area contributed by atoms with Crippen molar-refractivity contribution in [2.45, 2.75) is 25.0 Å². The number of thiophene rings is 1. The highest BCUT2D eigenvalue weighted by molar-refractivity contribution is 7.91. The molecule has 0 fully saturated rings. The Morgan fingerprint density at radius 2 is 1.91 bits per heavy atom. The van der Waals surface area contributed by atoms with Crippen molar-refractivity contribution in [1.29, 1.82) is 0 Å². The fourth-order valence-electron chi connectivity index (χ4n) is 2.05. The number of benzene rings is 1. The molecule has 0 aliphatic heterocycles. The van der Waals surface area contributed by atoms with Crippen LogP contribution in [0.15, 0.2) is 28.5 Å². The zero-order valence-corrected chi connectivity index (χ0v) is 15.3. The molecule has 0 spiro atoms. The molecule has 124 valence electrons. The van der Waals surface area contributed by atoms with Crippen LogP contribution >= 0.6 is 22.9 Å². The molecule has 1 aromatic carbocycles. The Balaban J connectivity index is 2.04. The lowest BCUT2D eigenvalue weighted by atomic mass is 10.1. The van der Waals surface area contributed by atoms with Gasteiger partial charge in [0.05, 0.1) is 17.3 Å². The van der Waals surface area contributed by atoms with Crippen molar-refractivity contribution in [2.24, 2.45) is 0 Å². The Bertz CT molecular complexity index is 821. The summed E-state index contributed by atoms with van der Waals surface area (Å²) in [5.41, 5.74) is 2.30. The Morgan fingerprint density at radius 3 is 2.48 bits per heavy atom. The van der Waals surface area contributed by atoms with Crippen molar-refractivity contribution in [2.75, 3.05) is 11.9 Å². The van der Waals surface area contributed by atoms with Gasteiger partial charge in [0.2, 0.25) is 5.91 Å². The highest BCUT2D eigenvalue weighted by Crippen LogP contribution is 2.27. The summed E-state index contributed by atoms with van der Waals surface area (Å²) in [7, 11) is -3.68. The molecular formula is C15H17ClN2O3S2. The number of halogens is 1. The van der Waals surface area contributed by atoms with E-state index < -0.39 is 15.9 Å². The number of carbonyl (C=O) groups is 1. The van der Waals surface area contributed by atoms with E-state index in [0.29, 0.717) is 10.7 Å². The summed E-state index contributed by atoms with van der Waals surface area (Å²) in [6, 6.07) is 6.86. The van der Waals surface area contributed by atoms with E-state index in [1.54, 1.807) is 12.1 Å². The van der Waals surface area contributed by atoms with Gasteiger partial charge < -0.3 is 5.32 Å².